The van der Waals surface area contributed by atoms with E-state index in [0.29, 0.717) is 23.2 Å². The second-order valence-electron chi connectivity index (χ2n) is 8.72. The number of halogens is 1. The molecule has 3 aliphatic rings. The van der Waals surface area contributed by atoms with Crippen LogP contribution in [0.2, 0.25) is 5.28 Å². The molecule has 1 saturated heterocycles. The van der Waals surface area contributed by atoms with Gasteiger partial charge in [-0.1, -0.05) is 11.3 Å². The number of anilines is 2. The van der Waals surface area contributed by atoms with Crippen molar-refractivity contribution in [2.24, 2.45) is 5.92 Å². The van der Waals surface area contributed by atoms with E-state index in [1.165, 1.54) is 23.4 Å². The summed E-state index contributed by atoms with van der Waals surface area (Å²) in [7, 11) is 0. The summed E-state index contributed by atoms with van der Waals surface area (Å²) in [5, 5.41) is 7.59. The van der Waals surface area contributed by atoms with Crippen molar-refractivity contribution in [3.63, 3.8) is 0 Å². The number of nitrogens with zero attached hydrogens (tertiary/aromatic N) is 5. The van der Waals surface area contributed by atoms with Crippen molar-refractivity contribution in [3.05, 3.63) is 22.2 Å². The molecule has 3 aromatic rings. The van der Waals surface area contributed by atoms with Gasteiger partial charge in [0, 0.05) is 35.3 Å². The summed E-state index contributed by atoms with van der Waals surface area (Å²) in [5.74, 6) is 0.356. The summed E-state index contributed by atoms with van der Waals surface area (Å²) in [6.45, 7) is 0. The average molecular weight is 459 g/mol. The number of amides is 1. The molecule has 0 unspecified atom stereocenters. The quantitative estimate of drug-likeness (QED) is 0.514. The Balaban J connectivity index is 1.12. The predicted octanol–water partition coefficient (Wildman–Crippen LogP) is 3.24. The molecule has 0 spiro atoms. The van der Waals surface area contributed by atoms with Crippen molar-refractivity contribution >= 4 is 51.0 Å². The number of carbonyl (C=O) groups excluding carboxylic acids is 1. The van der Waals surface area contributed by atoms with Crippen LogP contribution in [0, 0.1) is 5.92 Å². The molecule has 5 heterocycles. The molecule has 0 radical (unpaired) electrons. The Hall–Kier alpha value is -2.30. The standard InChI is InChI=1S/C20H23ClN8OS/c21-19-26-16(22)14-17(27-19)29(8-23-14)11-4-1-9(2-5-11)18(30)28-20-25-13-7-10-3-6-12(24-10)15(13)31-20/h8-12,24H,1-7H2,(H2,22,26,27)(H,25,28,30)/t9?,10-,11?,12+/m0/s1. The van der Waals surface area contributed by atoms with Gasteiger partial charge in [0.25, 0.3) is 0 Å². The minimum atomic E-state index is -0.00942. The topological polar surface area (TPSA) is 124 Å². The van der Waals surface area contributed by atoms with Gasteiger partial charge in [-0.25, -0.2) is 9.97 Å². The fourth-order valence-corrected chi connectivity index (χ4v) is 6.52. The monoisotopic (exact) mass is 458 g/mol. The van der Waals surface area contributed by atoms with E-state index < -0.39 is 0 Å². The molecule has 6 rings (SSSR count). The van der Waals surface area contributed by atoms with Crippen molar-refractivity contribution in [1.82, 2.24) is 29.8 Å². The van der Waals surface area contributed by atoms with Gasteiger partial charge in [-0.15, -0.1) is 0 Å². The minimum absolute atomic E-state index is 0.00942. The summed E-state index contributed by atoms with van der Waals surface area (Å²) < 4.78 is 2.02. The van der Waals surface area contributed by atoms with Gasteiger partial charge in [0.05, 0.1) is 12.0 Å². The summed E-state index contributed by atoms with van der Waals surface area (Å²) in [4.78, 5) is 31.6. The van der Waals surface area contributed by atoms with Crippen LogP contribution in [0.15, 0.2) is 6.33 Å². The first-order valence-electron chi connectivity index (χ1n) is 10.8. The molecule has 2 aliphatic heterocycles. The lowest BCUT2D eigenvalue weighted by atomic mass is 9.85. The Morgan fingerprint density at radius 3 is 2.87 bits per heavy atom. The van der Waals surface area contributed by atoms with Crippen LogP contribution < -0.4 is 16.4 Å². The first kappa shape index (κ1) is 19.4. The molecule has 4 N–H and O–H groups in total. The molecule has 3 aromatic heterocycles. The molecule has 162 valence electrons. The zero-order valence-corrected chi connectivity index (χ0v) is 18.4. The first-order chi connectivity index (χ1) is 15.0. The fourth-order valence-electron chi connectivity index (χ4n) is 5.26. The van der Waals surface area contributed by atoms with Crippen molar-refractivity contribution in [3.8, 4) is 0 Å². The second-order valence-corrected chi connectivity index (χ2v) is 10.1. The molecule has 0 aromatic carbocycles. The molecule has 2 atom stereocenters. The van der Waals surface area contributed by atoms with Crippen LogP contribution in [0.25, 0.3) is 11.2 Å². The maximum absolute atomic E-state index is 12.9. The second kappa shape index (κ2) is 7.39. The number of nitrogens with two attached hydrogens (primary N) is 1. The van der Waals surface area contributed by atoms with Crippen LogP contribution in [0.5, 0.6) is 0 Å². The lowest BCUT2D eigenvalue weighted by Gasteiger charge is -2.28. The SMILES string of the molecule is Nc1nc(Cl)nc2c1ncn2C1CCC(C(=O)Nc2nc3c(s2)[C@H]2CC[C@@H](C3)N2)CC1. The Morgan fingerprint density at radius 1 is 1.19 bits per heavy atom. The summed E-state index contributed by atoms with van der Waals surface area (Å²) >= 11 is 7.62. The van der Waals surface area contributed by atoms with Gasteiger partial charge in [-0.2, -0.15) is 9.97 Å². The molecule has 9 nitrogen and oxygen atoms in total. The van der Waals surface area contributed by atoms with E-state index in [2.05, 4.69) is 25.6 Å². The highest BCUT2D eigenvalue weighted by molar-refractivity contribution is 7.16. The van der Waals surface area contributed by atoms with Crippen LogP contribution in [0.1, 0.15) is 61.2 Å². The van der Waals surface area contributed by atoms with E-state index in [0.717, 1.165) is 37.2 Å². The van der Waals surface area contributed by atoms with E-state index in [1.54, 1.807) is 17.7 Å². The number of fused-ring (bicyclic) bond motifs is 5. The molecule has 11 heteroatoms. The van der Waals surface area contributed by atoms with Crippen LogP contribution in [-0.4, -0.2) is 36.5 Å². The van der Waals surface area contributed by atoms with Gasteiger partial charge in [0.1, 0.15) is 5.52 Å². The van der Waals surface area contributed by atoms with Gasteiger partial charge in [-0.3, -0.25) is 4.79 Å². The van der Waals surface area contributed by atoms with Crippen molar-refractivity contribution in [1.29, 1.82) is 0 Å². The summed E-state index contributed by atoms with van der Waals surface area (Å²) in [5.41, 5.74) is 8.31. The van der Waals surface area contributed by atoms with E-state index in [-0.39, 0.29) is 29.0 Å². The highest BCUT2D eigenvalue weighted by Crippen LogP contribution is 2.41. The number of carbonyl (C=O) groups is 1. The zero-order valence-electron chi connectivity index (χ0n) is 16.8. The van der Waals surface area contributed by atoms with Crippen molar-refractivity contribution in [2.45, 2.75) is 63.1 Å². The van der Waals surface area contributed by atoms with Gasteiger partial charge in [0.2, 0.25) is 11.2 Å². The largest absolute Gasteiger partial charge is 0.382 e. The van der Waals surface area contributed by atoms with E-state index >= 15 is 0 Å². The first-order valence-corrected chi connectivity index (χ1v) is 12.0. The summed E-state index contributed by atoms with van der Waals surface area (Å²) in [6, 6.07) is 1.19. The number of rotatable bonds is 3. The molecule has 1 saturated carbocycles. The Labute approximate surface area is 187 Å². The molecule has 2 fully saturated rings. The normalized spacial score (nSPS) is 27.4. The third-order valence-electron chi connectivity index (χ3n) is 6.84. The number of thiazole rings is 1. The number of hydrogen-bond donors (Lipinski definition) is 3. The maximum Gasteiger partial charge on any atom is 0.229 e. The minimum Gasteiger partial charge on any atom is -0.382 e. The van der Waals surface area contributed by atoms with Crippen LogP contribution in [-0.2, 0) is 11.2 Å². The summed E-state index contributed by atoms with van der Waals surface area (Å²) in [6.07, 6.45) is 8.46. The Morgan fingerprint density at radius 2 is 2.03 bits per heavy atom. The number of imidazole rings is 1. The molecular weight excluding hydrogens is 436 g/mol. The molecule has 1 aliphatic carbocycles. The van der Waals surface area contributed by atoms with Crippen LogP contribution in [0.4, 0.5) is 10.9 Å². The van der Waals surface area contributed by atoms with Crippen LogP contribution >= 0.6 is 22.9 Å². The lowest BCUT2D eigenvalue weighted by Crippen LogP contribution is -2.31. The number of aromatic nitrogens is 5. The molecular formula is C20H23ClN8OS. The third kappa shape index (κ3) is 3.37. The number of nitrogens with one attached hydrogen (secondary N) is 2. The van der Waals surface area contributed by atoms with E-state index in [4.69, 9.17) is 22.3 Å². The smallest absolute Gasteiger partial charge is 0.229 e. The Kier molecular flexibility index (Phi) is 4.62. The Bertz CT molecular complexity index is 1170. The highest BCUT2D eigenvalue weighted by Gasteiger charge is 2.35. The maximum atomic E-state index is 12.9. The molecule has 31 heavy (non-hydrogen) atoms. The van der Waals surface area contributed by atoms with Crippen molar-refractivity contribution < 1.29 is 4.79 Å². The molecule has 1 amide bonds. The van der Waals surface area contributed by atoms with E-state index in [9.17, 15) is 4.79 Å². The number of nitrogen functional groups attached to an aromatic ring is 1. The molecule has 2 bridgehead atoms. The highest BCUT2D eigenvalue weighted by atomic mass is 35.5. The van der Waals surface area contributed by atoms with Gasteiger partial charge < -0.3 is 20.9 Å². The average Bonchev–Trinajstić information content (AvgIpc) is 3.46. The van der Waals surface area contributed by atoms with Gasteiger partial charge in [0.15, 0.2) is 16.6 Å². The number of hydrogen-bond acceptors (Lipinski definition) is 8. The lowest BCUT2D eigenvalue weighted by molar-refractivity contribution is -0.120. The van der Waals surface area contributed by atoms with Gasteiger partial charge >= 0.3 is 0 Å². The van der Waals surface area contributed by atoms with Crippen LogP contribution in [0.3, 0.4) is 0 Å². The van der Waals surface area contributed by atoms with E-state index in [1.807, 2.05) is 4.57 Å². The van der Waals surface area contributed by atoms with Crippen molar-refractivity contribution in [2.75, 3.05) is 11.1 Å². The predicted molar refractivity (Wildman–Crippen MR) is 119 cm³/mol. The third-order valence-corrected chi connectivity index (χ3v) is 8.13. The zero-order chi connectivity index (χ0) is 21.1. The fraction of sp³-hybridized carbons (Fsp3) is 0.550. The van der Waals surface area contributed by atoms with Gasteiger partial charge in [-0.05, 0) is 50.1 Å².